The summed E-state index contributed by atoms with van der Waals surface area (Å²) in [6.07, 6.45) is 0. The highest BCUT2D eigenvalue weighted by molar-refractivity contribution is 9.10. The van der Waals surface area contributed by atoms with Crippen molar-refractivity contribution in [1.29, 1.82) is 0 Å². The number of halogens is 1. The van der Waals surface area contributed by atoms with E-state index < -0.39 is 0 Å². The first-order valence-corrected chi connectivity index (χ1v) is 7.84. The number of benzene rings is 1. The summed E-state index contributed by atoms with van der Waals surface area (Å²) in [5, 5.41) is 0. The van der Waals surface area contributed by atoms with E-state index in [0.717, 1.165) is 16.0 Å². The van der Waals surface area contributed by atoms with Gasteiger partial charge < -0.3 is 0 Å². The van der Waals surface area contributed by atoms with Gasteiger partial charge in [-0.25, -0.2) is 0 Å². The predicted octanol–water partition coefficient (Wildman–Crippen LogP) is 5.13. The van der Waals surface area contributed by atoms with Gasteiger partial charge in [-0.15, -0.1) is 11.8 Å². The largest absolute Gasteiger partial charge is 0.179 e. The van der Waals surface area contributed by atoms with Gasteiger partial charge in [0.05, 0.1) is 0 Å². The van der Waals surface area contributed by atoms with Crippen LogP contribution in [0.15, 0.2) is 33.6 Å². The lowest BCUT2D eigenvalue weighted by molar-refractivity contribution is 0.294. The Kier molecular flexibility index (Phi) is 5.75. The summed E-state index contributed by atoms with van der Waals surface area (Å²) in [7, 11) is 0. The molecule has 0 nitrogen and oxygen atoms in total. The molecule has 0 saturated heterocycles. The van der Waals surface area contributed by atoms with Crippen molar-refractivity contribution < 1.29 is 0 Å². The Morgan fingerprint density at radius 3 is 2.25 bits per heavy atom. The van der Waals surface area contributed by atoms with Crippen LogP contribution >= 0.6 is 40.3 Å². The molecule has 0 aliphatic heterocycles. The van der Waals surface area contributed by atoms with E-state index in [1.165, 1.54) is 4.90 Å². The Labute approximate surface area is 117 Å². The predicted molar refractivity (Wildman–Crippen MR) is 81.7 cm³/mol. The molecule has 16 heavy (non-hydrogen) atoms. The summed E-state index contributed by atoms with van der Waals surface area (Å²) in [5.74, 6) is 2.73. The van der Waals surface area contributed by atoms with Crippen LogP contribution in [0.1, 0.15) is 20.8 Å². The molecule has 0 bridgehead atoms. The van der Waals surface area contributed by atoms with Gasteiger partial charge in [-0.3, -0.25) is 0 Å². The van der Waals surface area contributed by atoms with Crippen LogP contribution in [-0.2, 0) is 0 Å². The molecular formula is C13H19BrS2. The van der Waals surface area contributed by atoms with Crippen LogP contribution in [0.2, 0.25) is 0 Å². The third kappa shape index (κ3) is 4.72. The molecule has 1 aromatic carbocycles. The number of thioether (sulfide) groups is 1. The quantitative estimate of drug-likeness (QED) is 0.593. The zero-order chi connectivity index (χ0) is 12.2. The van der Waals surface area contributed by atoms with Gasteiger partial charge in [-0.2, -0.15) is 12.6 Å². The number of thiol groups is 1. The minimum Gasteiger partial charge on any atom is -0.179 e. The van der Waals surface area contributed by atoms with Gasteiger partial charge in [-0.05, 0) is 41.4 Å². The van der Waals surface area contributed by atoms with E-state index in [9.17, 15) is 0 Å². The van der Waals surface area contributed by atoms with E-state index in [-0.39, 0.29) is 0 Å². The Morgan fingerprint density at radius 1 is 1.25 bits per heavy atom. The minimum absolute atomic E-state index is 0.337. The summed E-state index contributed by atoms with van der Waals surface area (Å²) in [6.45, 7) is 6.86. The average Bonchev–Trinajstić information content (AvgIpc) is 2.19. The topological polar surface area (TPSA) is 0 Å². The Hall–Kier alpha value is 0.400. The molecule has 0 aliphatic rings. The second-order valence-electron chi connectivity index (χ2n) is 5.01. The van der Waals surface area contributed by atoms with E-state index in [1.807, 2.05) is 11.8 Å². The van der Waals surface area contributed by atoms with E-state index in [4.69, 9.17) is 0 Å². The van der Waals surface area contributed by atoms with Crippen LogP contribution in [0.25, 0.3) is 0 Å². The molecule has 3 heteroatoms. The zero-order valence-electron chi connectivity index (χ0n) is 10.0. The molecule has 0 aromatic heterocycles. The van der Waals surface area contributed by atoms with Crippen LogP contribution in [0.4, 0.5) is 0 Å². The fraction of sp³-hybridized carbons (Fsp3) is 0.538. The van der Waals surface area contributed by atoms with Crippen LogP contribution in [-0.4, -0.2) is 11.5 Å². The van der Waals surface area contributed by atoms with Crippen LogP contribution in [0, 0.1) is 11.3 Å². The highest BCUT2D eigenvalue weighted by Crippen LogP contribution is 2.32. The average molecular weight is 319 g/mol. The minimum atomic E-state index is 0.337. The Bertz CT molecular complexity index is 314. The lowest BCUT2D eigenvalue weighted by atomic mass is 9.83. The fourth-order valence-electron chi connectivity index (χ4n) is 1.30. The number of rotatable bonds is 4. The molecule has 1 aromatic rings. The number of hydrogen-bond acceptors (Lipinski definition) is 2. The molecule has 1 atom stereocenters. The van der Waals surface area contributed by atoms with Gasteiger partial charge in [0.2, 0.25) is 0 Å². The molecule has 0 radical (unpaired) electrons. The zero-order valence-corrected chi connectivity index (χ0v) is 13.3. The monoisotopic (exact) mass is 318 g/mol. The Morgan fingerprint density at radius 2 is 1.81 bits per heavy atom. The summed E-state index contributed by atoms with van der Waals surface area (Å²) in [6, 6.07) is 8.50. The molecule has 0 fully saturated rings. The second-order valence-corrected chi connectivity index (χ2v) is 7.38. The van der Waals surface area contributed by atoms with Gasteiger partial charge in [0.15, 0.2) is 0 Å². The Balaban J connectivity index is 2.53. The van der Waals surface area contributed by atoms with Crippen molar-refractivity contribution in [2.24, 2.45) is 11.3 Å². The van der Waals surface area contributed by atoms with Crippen molar-refractivity contribution in [2.45, 2.75) is 25.7 Å². The third-order valence-corrected chi connectivity index (χ3v) is 4.85. The molecular weight excluding hydrogens is 300 g/mol. The maximum atomic E-state index is 4.45. The van der Waals surface area contributed by atoms with Gasteiger partial charge in [-0.1, -0.05) is 36.7 Å². The maximum absolute atomic E-state index is 4.45. The lowest BCUT2D eigenvalue weighted by Gasteiger charge is -2.29. The van der Waals surface area contributed by atoms with Crippen molar-refractivity contribution in [3.05, 3.63) is 28.7 Å². The van der Waals surface area contributed by atoms with E-state index >= 15 is 0 Å². The third-order valence-electron chi connectivity index (χ3n) is 2.71. The molecule has 0 heterocycles. The first kappa shape index (κ1) is 14.5. The summed E-state index contributed by atoms with van der Waals surface area (Å²) >= 11 is 9.82. The van der Waals surface area contributed by atoms with Gasteiger partial charge >= 0.3 is 0 Å². The van der Waals surface area contributed by atoms with Crippen LogP contribution in [0.3, 0.4) is 0 Å². The summed E-state index contributed by atoms with van der Waals surface area (Å²) in [5.41, 5.74) is 0.337. The molecule has 90 valence electrons. The molecule has 0 N–H and O–H groups in total. The van der Waals surface area contributed by atoms with Crippen LogP contribution in [0.5, 0.6) is 0 Å². The maximum Gasteiger partial charge on any atom is 0.0176 e. The van der Waals surface area contributed by atoms with E-state index in [1.54, 1.807) is 0 Å². The second kappa shape index (κ2) is 6.36. The summed E-state index contributed by atoms with van der Waals surface area (Å²) < 4.78 is 1.14. The fourth-order valence-corrected chi connectivity index (χ4v) is 3.76. The summed E-state index contributed by atoms with van der Waals surface area (Å²) in [4.78, 5) is 1.33. The molecule has 0 amide bonds. The first-order chi connectivity index (χ1) is 7.43. The molecule has 1 rings (SSSR count). The number of hydrogen-bond donors (Lipinski definition) is 1. The molecule has 0 saturated carbocycles. The van der Waals surface area contributed by atoms with Crippen molar-refractivity contribution in [3.63, 3.8) is 0 Å². The van der Waals surface area contributed by atoms with Crippen molar-refractivity contribution in [2.75, 3.05) is 11.5 Å². The van der Waals surface area contributed by atoms with E-state index in [0.29, 0.717) is 11.3 Å². The SMILES string of the molecule is CC(C)(C)C(CS)CSc1ccc(Br)cc1. The van der Waals surface area contributed by atoms with Crippen molar-refractivity contribution in [3.8, 4) is 0 Å². The molecule has 0 aliphatic carbocycles. The first-order valence-electron chi connectivity index (χ1n) is 5.42. The smallest absolute Gasteiger partial charge is 0.0176 e. The van der Waals surface area contributed by atoms with Crippen LogP contribution < -0.4 is 0 Å². The normalized spacial score (nSPS) is 13.8. The molecule has 1 unspecified atom stereocenters. The van der Waals surface area contributed by atoms with Crippen molar-refractivity contribution >= 4 is 40.3 Å². The highest BCUT2D eigenvalue weighted by Gasteiger charge is 2.23. The van der Waals surface area contributed by atoms with Crippen molar-refractivity contribution in [1.82, 2.24) is 0 Å². The van der Waals surface area contributed by atoms with E-state index in [2.05, 4.69) is 73.6 Å². The highest BCUT2D eigenvalue weighted by atomic mass is 79.9. The van der Waals surface area contributed by atoms with Gasteiger partial charge in [0.25, 0.3) is 0 Å². The lowest BCUT2D eigenvalue weighted by Crippen LogP contribution is -2.24. The van der Waals surface area contributed by atoms with Gasteiger partial charge in [0.1, 0.15) is 0 Å². The molecule has 0 spiro atoms. The standard InChI is InChI=1S/C13H19BrS2/c1-13(2,3)10(8-15)9-16-12-6-4-11(14)5-7-12/h4-7,10,15H,8-9H2,1-3H3. The van der Waals surface area contributed by atoms with Gasteiger partial charge in [0, 0.05) is 15.1 Å².